The van der Waals surface area contributed by atoms with Crippen molar-refractivity contribution < 1.29 is 19.1 Å². The molecule has 0 unspecified atom stereocenters. The maximum Gasteiger partial charge on any atom is 0.348 e. The van der Waals surface area contributed by atoms with Crippen molar-refractivity contribution in [1.82, 2.24) is 0 Å². The van der Waals surface area contributed by atoms with E-state index in [1.807, 2.05) is 0 Å². The summed E-state index contributed by atoms with van der Waals surface area (Å²) in [6.45, 7) is 2.01. The summed E-state index contributed by atoms with van der Waals surface area (Å²) in [5.74, 6) is -0.438. The van der Waals surface area contributed by atoms with Gasteiger partial charge >= 0.3 is 11.9 Å². The zero-order chi connectivity index (χ0) is 9.84. The van der Waals surface area contributed by atoms with Gasteiger partial charge in [-0.2, -0.15) is 0 Å². The summed E-state index contributed by atoms with van der Waals surface area (Å²) in [6.07, 6.45) is 0.780. The molecule has 0 aromatic heterocycles. The molecule has 1 fully saturated rings. The van der Waals surface area contributed by atoms with Gasteiger partial charge in [0.15, 0.2) is 0 Å². The van der Waals surface area contributed by atoms with E-state index in [0.29, 0.717) is 25.2 Å². The van der Waals surface area contributed by atoms with E-state index in [9.17, 15) is 9.59 Å². The largest absolute Gasteiger partial charge is 0.462 e. The lowest BCUT2D eigenvalue weighted by atomic mass is 10.3. The van der Waals surface area contributed by atoms with Crippen LogP contribution in [0.1, 0.15) is 19.8 Å². The number of hydrogen-bond acceptors (Lipinski definition) is 4. The molecule has 0 amide bonds. The predicted molar refractivity (Wildman–Crippen MR) is 47.9 cm³/mol. The van der Waals surface area contributed by atoms with Crippen LogP contribution in [0.2, 0.25) is 0 Å². The Hall–Kier alpha value is -0.840. The summed E-state index contributed by atoms with van der Waals surface area (Å²) in [4.78, 5) is 21.8. The van der Waals surface area contributed by atoms with E-state index in [0.717, 1.165) is 0 Å². The van der Waals surface area contributed by atoms with Crippen molar-refractivity contribution >= 4 is 27.9 Å². The Morgan fingerprint density at radius 1 is 1.62 bits per heavy atom. The second-order valence-electron chi connectivity index (χ2n) is 2.43. The number of rotatable bonds is 2. The first-order chi connectivity index (χ1) is 6.15. The van der Waals surface area contributed by atoms with Crippen LogP contribution in [0.25, 0.3) is 0 Å². The molecule has 0 aromatic rings. The minimum Gasteiger partial charge on any atom is -0.462 e. The first-order valence-electron chi connectivity index (χ1n) is 3.91. The minimum atomic E-state index is -0.493. The predicted octanol–water partition coefficient (Wildman–Crippen LogP) is 1.49. The molecule has 13 heavy (non-hydrogen) atoms. The summed E-state index contributed by atoms with van der Waals surface area (Å²) in [5.41, 5.74) is 0. The fraction of sp³-hybridized carbons (Fsp3) is 0.500. The van der Waals surface area contributed by atoms with Crippen LogP contribution >= 0.6 is 15.9 Å². The molecule has 1 rings (SSSR count). The van der Waals surface area contributed by atoms with Crippen LogP contribution in [0, 0.1) is 0 Å². The molecular weight excluding hydrogens is 240 g/mol. The van der Waals surface area contributed by atoms with Gasteiger partial charge in [0.1, 0.15) is 10.2 Å². The lowest BCUT2D eigenvalue weighted by Gasteiger charge is -2.02. The second kappa shape index (κ2) is 4.41. The highest BCUT2D eigenvalue weighted by Gasteiger charge is 2.24. The number of carbonyl (C=O) groups excluding carboxylic acids is 2. The molecule has 0 aromatic carbocycles. The maximum absolute atomic E-state index is 11.1. The molecule has 4 nitrogen and oxygen atoms in total. The summed E-state index contributed by atoms with van der Waals surface area (Å²) < 4.78 is 9.71. The molecule has 0 atom stereocenters. The molecule has 5 heteroatoms. The number of carbonyl (C=O) groups is 2. The van der Waals surface area contributed by atoms with Gasteiger partial charge in [-0.25, -0.2) is 4.79 Å². The van der Waals surface area contributed by atoms with Crippen molar-refractivity contribution in [3.05, 3.63) is 10.2 Å². The zero-order valence-electron chi connectivity index (χ0n) is 7.13. The van der Waals surface area contributed by atoms with E-state index in [1.54, 1.807) is 6.92 Å². The van der Waals surface area contributed by atoms with Gasteiger partial charge in [0.2, 0.25) is 0 Å². The quantitative estimate of drug-likeness (QED) is 0.549. The molecule has 1 heterocycles. The van der Waals surface area contributed by atoms with Gasteiger partial charge < -0.3 is 9.47 Å². The molecular formula is C8H9BrO4. The molecule has 0 saturated carbocycles. The average Bonchev–Trinajstić information content (AvgIpc) is 2.51. The summed E-state index contributed by atoms with van der Waals surface area (Å²) in [5, 5.41) is 0. The van der Waals surface area contributed by atoms with Gasteiger partial charge in [-0.3, -0.25) is 4.79 Å². The molecule has 0 N–H and O–H groups in total. The Morgan fingerprint density at radius 2 is 2.31 bits per heavy atom. The van der Waals surface area contributed by atoms with E-state index in [2.05, 4.69) is 15.9 Å². The Kier molecular flexibility index (Phi) is 3.48. The smallest absolute Gasteiger partial charge is 0.348 e. The van der Waals surface area contributed by atoms with Crippen LogP contribution in [0.15, 0.2) is 10.2 Å². The van der Waals surface area contributed by atoms with Crippen LogP contribution in [0.5, 0.6) is 0 Å². The number of halogens is 1. The van der Waals surface area contributed by atoms with Crippen LogP contribution in [-0.4, -0.2) is 18.5 Å². The lowest BCUT2D eigenvalue weighted by molar-refractivity contribution is -0.138. The van der Waals surface area contributed by atoms with E-state index in [4.69, 9.17) is 9.47 Å². The molecule has 0 aliphatic carbocycles. The van der Waals surface area contributed by atoms with E-state index < -0.39 is 5.97 Å². The van der Waals surface area contributed by atoms with Crippen molar-refractivity contribution in [3.63, 3.8) is 0 Å². The Bertz CT molecular complexity index is 269. The number of esters is 2. The van der Waals surface area contributed by atoms with Crippen LogP contribution < -0.4 is 0 Å². The third-order valence-corrected chi connectivity index (χ3v) is 2.26. The number of ether oxygens (including phenoxy) is 2. The highest BCUT2D eigenvalue weighted by molar-refractivity contribution is 9.12. The first kappa shape index (κ1) is 10.2. The van der Waals surface area contributed by atoms with Crippen LogP contribution in [0.4, 0.5) is 0 Å². The molecule has 1 aliphatic rings. The van der Waals surface area contributed by atoms with Crippen LogP contribution in [-0.2, 0) is 19.1 Å². The normalized spacial score (nSPS) is 19.7. The Morgan fingerprint density at radius 3 is 2.77 bits per heavy atom. The molecule has 1 saturated heterocycles. The van der Waals surface area contributed by atoms with Crippen molar-refractivity contribution in [2.45, 2.75) is 19.8 Å². The fourth-order valence-corrected chi connectivity index (χ4v) is 1.31. The summed E-state index contributed by atoms with van der Waals surface area (Å²) in [6, 6.07) is 0. The van der Waals surface area contributed by atoms with Gasteiger partial charge in [0, 0.05) is 6.42 Å². The van der Waals surface area contributed by atoms with Crippen molar-refractivity contribution in [3.8, 4) is 0 Å². The topological polar surface area (TPSA) is 52.6 Å². The maximum atomic E-state index is 11.1. The van der Waals surface area contributed by atoms with Gasteiger partial charge in [-0.15, -0.1) is 0 Å². The SMILES string of the molecule is CCOC(=O)/C(Br)=C1/CCC(=O)O1. The van der Waals surface area contributed by atoms with Gasteiger partial charge in [-0.05, 0) is 22.9 Å². The van der Waals surface area contributed by atoms with Gasteiger partial charge in [-0.1, -0.05) is 0 Å². The zero-order valence-corrected chi connectivity index (χ0v) is 8.72. The number of hydrogen-bond donors (Lipinski definition) is 0. The molecule has 1 aliphatic heterocycles. The van der Waals surface area contributed by atoms with E-state index in [1.165, 1.54) is 0 Å². The summed E-state index contributed by atoms with van der Waals surface area (Å²) >= 11 is 3.03. The number of cyclic esters (lactones) is 1. The first-order valence-corrected chi connectivity index (χ1v) is 4.71. The van der Waals surface area contributed by atoms with E-state index >= 15 is 0 Å². The third-order valence-electron chi connectivity index (χ3n) is 1.49. The molecule has 0 bridgehead atoms. The summed E-state index contributed by atoms with van der Waals surface area (Å²) in [7, 11) is 0. The van der Waals surface area contributed by atoms with E-state index in [-0.39, 0.29) is 10.5 Å². The highest BCUT2D eigenvalue weighted by atomic mass is 79.9. The molecule has 0 radical (unpaired) electrons. The van der Waals surface area contributed by atoms with Crippen molar-refractivity contribution in [2.24, 2.45) is 0 Å². The highest BCUT2D eigenvalue weighted by Crippen LogP contribution is 2.25. The monoisotopic (exact) mass is 248 g/mol. The third kappa shape index (κ3) is 2.55. The standard InChI is InChI=1S/C8H9BrO4/c1-2-12-8(11)7(9)5-3-4-6(10)13-5/h2-4H2,1H3/b7-5+. The Balaban J connectivity index is 2.68. The number of allylic oxidation sites excluding steroid dienone is 1. The Labute approximate surface area is 84.0 Å². The second-order valence-corrected chi connectivity index (χ2v) is 3.22. The fourth-order valence-electron chi connectivity index (χ4n) is 0.918. The lowest BCUT2D eigenvalue weighted by Crippen LogP contribution is -2.06. The minimum absolute atomic E-state index is 0.209. The van der Waals surface area contributed by atoms with Crippen LogP contribution in [0.3, 0.4) is 0 Å². The van der Waals surface area contributed by atoms with Crippen molar-refractivity contribution in [1.29, 1.82) is 0 Å². The molecule has 72 valence electrons. The van der Waals surface area contributed by atoms with Gasteiger partial charge in [0.25, 0.3) is 0 Å². The van der Waals surface area contributed by atoms with Crippen molar-refractivity contribution in [2.75, 3.05) is 6.61 Å². The molecule has 0 spiro atoms. The average molecular weight is 249 g/mol. The van der Waals surface area contributed by atoms with Gasteiger partial charge in [0.05, 0.1) is 13.0 Å².